The Morgan fingerprint density at radius 1 is 0.500 bits per heavy atom. The molecule has 0 spiro atoms. The van der Waals surface area contributed by atoms with Crippen molar-refractivity contribution in [3.63, 3.8) is 0 Å². The normalized spacial score (nSPS) is 11.9. The highest BCUT2D eigenvalue weighted by Crippen LogP contribution is 2.54. The van der Waals surface area contributed by atoms with Crippen molar-refractivity contribution >= 4 is 116 Å². The Kier molecular flexibility index (Phi) is 8.18. The van der Waals surface area contributed by atoms with E-state index in [9.17, 15) is 13.2 Å². The maximum absolute atomic E-state index is 13.5. The van der Waals surface area contributed by atoms with Gasteiger partial charge in [-0.2, -0.15) is 13.2 Å². The number of halogens is 13. The standard InChI is InChI=1S/C18H2Cl10F3N/c19-8-6(9(20)13(24)16(27)12(8)23)3-1-5(18(29,30)31)32-2-4(3)7-10(21)14(25)17(28)15(26)11(7)22/h1-2H. The van der Waals surface area contributed by atoms with Crippen molar-refractivity contribution in [1.29, 1.82) is 0 Å². The van der Waals surface area contributed by atoms with Gasteiger partial charge in [-0.3, -0.25) is 4.98 Å². The molecule has 2 aromatic carbocycles. The molecular formula is C18H2Cl10F3N. The molecule has 1 aromatic heterocycles. The number of aromatic nitrogens is 1. The topological polar surface area (TPSA) is 12.9 Å². The first-order valence-electron chi connectivity index (χ1n) is 7.80. The predicted octanol–water partition coefficient (Wildman–Crippen LogP) is 12.0. The van der Waals surface area contributed by atoms with Crippen LogP contribution in [0.2, 0.25) is 50.2 Å². The first kappa shape index (κ1) is 26.9. The molecule has 0 radical (unpaired) electrons. The fourth-order valence-electron chi connectivity index (χ4n) is 2.70. The van der Waals surface area contributed by atoms with Crippen molar-refractivity contribution < 1.29 is 13.2 Å². The van der Waals surface area contributed by atoms with Crippen LogP contribution < -0.4 is 0 Å². The molecule has 0 amide bonds. The third-order valence-electron chi connectivity index (χ3n) is 4.15. The second kappa shape index (κ2) is 9.73. The van der Waals surface area contributed by atoms with Crippen molar-refractivity contribution in [3.05, 3.63) is 68.2 Å². The summed E-state index contributed by atoms with van der Waals surface area (Å²) in [5.74, 6) is 0. The lowest BCUT2D eigenvalue weighted by atomic mass is 9.95. The van der Waals surface area contributed by atoms with E-state index < -0.39 is 11.9 Å². The van der Waals surface area contributed by atoms with Crippen LogP contribution in [0.4, 0.5) is 13.2 Å². The smallest absolute Gasteiger partial charge is 0.251 e. The van der Waals surface area contributed by atoms with Gasteiger partial charge in [-0.15, -0.1) is 0 Å². The van der Waals surface area contributed by atoms with E-state index >= 15 is 0 Å². The molecule has 0 saturated carbocycles. The lowest BCUT2D eigenvalue weighted by Gasteiger charge is -2.20. The van der Waals surface area contributed by atoms with Gasteiger partial charge in [0.15, 0.2) is 0 Å². The number of rotatable bonds is 2. The summed E-state index contributed by atoms with van der Waals surface area (Å²) in [5.41, 5.74) is -1.81. The monoisotopic (exact) mass is 639 g/mol. The Morgan fingerprint density at radius 3 is 1.16 bits per heavy atom. The molecule has 0 aliphatic heterocycles. The second-order valence-electron chi connectivity index (χ2n) is 6.00. The van der Waals surface area contributed by atoms with Gasteiger partial charge in [-0.1, -0.05) is 116 Å². The zero-order valence-corrected chi connectivity index (χ0v) is 22.1. The number of alkyl halides is 3. The molecule has 3 rings (SSSR count). The number of hydrogen-bond acceptors (Lipinski definition) is 1. The Labute approximate surface area is 229 Å². The van der Waals surface area contributed by atoms with Crippen LogP contribution in [0.15, 0.2) is 12.3 Å². The summed E-state index contributed by atoms with van der Waals surface area (Å²) < 4.78 is 40.4. The highest BCUT2D eigenvalue weighted by molar-refractivity contribution is 6.58. The summed E-state index contributed by atoms with van der Waals surface area (Å²) in [6.45, 7) is 0. The SMILES string of the molecule is FC(F)(F)c1cc(-c2c(Cl)c(Cl)c(Cl)c(Cl)c2Cl)c(-c2c(Cl)c(Cl)c(Cl)c(Cl)c2Cl)cn1. The van der Waals surface area contributed by atoms with Gasteiger partial charge in [0.05, 0.1) is 50.2 Å². The van der Waals surface area contributed by atoms with Crippen LogP contribution in [-0.4, -0.2) is 4.98 Å². The number of hydrogen-bond donors (Lipinski definition) is 0. The Bertz CT molecular complexity index is 1220. The van der Waals surface area contributed by atoms with Crippen LogP contribution in [0.3, 0.4) is 0 Å². The van der Waals surface area contributed by atoms with Crippen molar-refractivity contribution in [2.45, 2.75) is 6.18 Å². The van der Waals surface area contributed by atoms with E-state index in [0.717, 1.165) is 6.20 Å². The van der Waals surface area contributed by atoms with Crippen molar-refractivity contribution in [1.82, 2.24) is 4.98 Å². The molecular weight excluding hydrogens is 642 g/mol. The fourth-order valence-corrected chi connectivity index (χ4v) is 5.38. The predicted molar refractivity (Wildman–Crippen MR) is 130 cm³/mol. The van der Waals surface area contributed by atoms with E-state index in [1.54, 1.807) is 0 Å². The van der Waals surface area contributed by atoms with Crippen LogP contribution in [0, 0.1) is 0 Å². The molecule has 0 aliphatic rings. The van der Waals surface area contributed by atoms with Crippen molar-refractivity contribution in [3.8, 4) is 22.3 Å². The van der Waals surface area contributed by atoms with Crippen LogP contribution in [0.25, 0.3) is 22.3 Å². The Morgan fingerprint density at radius 2 is 0.812 bits per heavy atom. The summed E-state index contributed by atoms with van der Waals surface area (Å²) in [6, 6.07) is 0.673. The zero-order chi connectivity index (χ0) is 24.3. The van der Waals surface area contributed by atoms with Crippen LogP contribution in [0.1, 0.15) is 5.69 Å². The van der Waals surface area contributed by atoms with E-state index in [1.165, 1.54) is 0 Å². The first-order valence-corrected chi connectivity index (χ1v) is 11.6. The van der Waals surface area contributed by atoms with Crippen molar-refractivity contribution in [2.75, 3.05) is 0 Å². The third kappa shape index (κ3) is 4.58. The molecule has 1 heterocycles. The van der Waals surface area contributed by atoms with Crippen LogP contribution in [-0.2, 0) is 6.18 Å². The fraction of sp³-hybridized carbons (Fsp3) is 0.0556. The summed E-state index contributed by atoms with van der Waals surface area (Å²) in [7, 11) is 0. The summed E-state index contributed by atoms with van der Waals surface area (Å²) in [6.07, 6.45) is -3.97. The lowest BCUT2D eigenvalue weighted by Crippen LogP contribution is -2.08. The van der Waals surface area contributed by atoms with Crippen LogP contribution in [0.5, 0.6) is 0 Å². The minimum absolute atomic E-state index is 0.0632. The molecule has 0 bridgehead atoms. The van der Waals surface area contributed by atoms with Gasteiger partial charge in [0.1, 0.15) is 5.69 Å². The molecule has 0 saturated heterocycles. The van der Waals surface area contributed by atoms with E-state index in [4.69, 9.17) is 116 Å². The van der Waals surface area contributed by atoms with Gasteiger partial charge >= 0.3 is 6.18 Å². The summed E-state index contributed by atoms with van der Waals surface area (Å²) >= 11 is 61.7. The Hall–Kier alpha value is 0.280. The average molecular weight is 644 g/mol. The maximum Gasteiger partial charge on any atom is 0.433 e. The molecule has 1 nitrogen and oxygen atoms in total. The largest absolute Gasteiger partial charge is 0.433 e. The molecule has 32 heavy (non-hydrogen) atoms. The molecule has 3 aromatic rings. The first-order chi connectivity index (χ1) is 14.7. The number of nitrogens with zero attached hydrogens (tertiary/aromatic N) is 1. The van der Waals surface area contributed by atoms with Gasteiger partial charge in [-0.05, 0) is 11.6 Å². The van der Waals surface area contributed by atoms with E-state index in [0.29, 0.717) is 6.07 Å². The van der Waals surface area contributed by atoms with Gasteiger partial charge < -0.3 is 0 Å². The minimum atomic E-state index is -4.82. The summed E-state index contributed by atoms with van der Waals surface area (Å²) in [5, 5.41) is -2.14. The van der Waals surface area contributed by atoms with Gasteiger partial charge in [0.2, 0.25) is 0 Å². The van der Waals surface area contributed by atoms with Gasteiger partial charge in [-0.25, -0.2) is 0 Å². The van der Waals surface area contributed by atoms with E-state index in [-0.39, 0.29) is 72.5 Å². The zero-order valence-electron chi connectivity index (χ0n) is 14.5. The van der Waals surface area contributed by atoms with E-state index in [2.05, 4.69) is 4.98 Å². The quantitative estimate of drug-likeness (QED) is 0.200. The molecule has 170 valence electrons. The maximum atomic E-state index is 13.5. The molecule has 14 heteroatoms. The molecule has 0 aliphatic carbocycles. The van der Waals surface area contributed by atoms with Gasteiger partial charge in [0.25, 0.3) is 0 Å². The number of benzene rings is 2. The van der Waals surface area contributed by atoms with E-state index in [1.807, 2.05) is 0 Å². The molecule has 0 N–H and O–H groups in total. The molecule has 0 fully saturated rings. The summed E-state index contributed by atoms with van der Waals surface area (Å²) in [4.78, 5) is 3.46. The highest BCUT2D eigenvalue weighted by Gasteiger charge is 2.35. The average Bonchev–Trinajstić information content (AvgIpc) is 2.73. The molecule has 0 atom stereocenters. The van der Waals surface area contributed by atoms with Crippen LogP contribution >= 0.6 is 116 Å². The highest BCUT2D eigenvalue weighted by atomic mass is 35.5. The minimum Gasteiger partial charge on any atom is -0.251 e. The Balaban J connectivity index is 2.55. The van der Waals surface area contributed by atoms with Gasteiger partial charge in [0, 0.05) is 22.9 Å². The van der Waals surface area contributed by atoms with Crippen molar-refractivity contribution in [2.24, 2.45) is 0 Å². The molecule has 0 unspecified atom stereocenters. The lowest BCUT2D eigenvalue weighted by molar-refractivity contribution is -0.141. The third-order valence-corrected chi connectivity index (χ3v) is 8.71. The second-order valence-corrected chi connectivity index (χ2v) is 9.78. The number of pyridine rings is 1.